The van der Waals surface area contributed by atoms with Crippen molar-refractivity contribution in [3.05, 3.63) is 24.3 Å². The Morgan fingerprint density at radius 2 is 1.85 bits per heavy atom. The molecule has 4 nitrogen and oxygen atoms in total. The van der Waals surface area contributed by atoms with E-state index < -0.39 is 0 Å². The highest BCUT2D eigenvalue weighted by atomic mass is 16.6. The van der Waals surface area contributed by atoms with E-state index in [1.54, 1.807) is 24.3 Å². The largest absolute Gasteiger partial charge is 0.482 e. The van der Waals surface area contributed by atoms with Crippen LogP contribution in [0.15, 0.2) is 24.3 Å². The second-order valence-corrected chi connectivity index (χ2v) is 5.40. The Morgan fingerprint density at radius 1 is 1.20 bits per heavy atom. The van der Waals surface area contributed by atoms with Gasteiger partial charge in [0.1, 0.15) is 11.9 Å². The molecule has 20 heavy (non-hydrogen) atoms. The fourth-order valence-electron chi connectivity index (χ4n) is 2.58. The molecular weight excluding hydrogens is 254 g/mol. The number of esters is 1. The normalized spacial score (nSPS) is 22.2. The molecule has 2 N–H and O–H groups in total. The van der Waals surface area contributed by atoms with Crippen molar-refractivity contribution in [3.8, 4) is 5.75 Å². The van der Waals surface area contributed by atoms with Crippen molar-refractivity contribution in [2.45, 2.75) is 45.1 Å². The molecule has 0 unspecified atom stereocenters. The molecule has 1 aromatic carbocycles. The van der Waals surface area contributed by atoms with E-state index in [1.807, 2.05) is 0 Å². The van der Waals surface area contributed by atoms with Crippen LogP contribution in [-0.2, 0) is 9.53 Å². The highest BCUT2D eigenvalue weighted by Gasteiger charge is 2.22. The summed E-state index contributed by atoms with van der Waals surface area (Å²) >= 11 is 0. The zero-order valence-electron chi connectivity index (χ0n) is 12.0. The van der Waals surface area contributed by atoms with Gasteiger partial charge in [-0.3, -0.25) is 0 Å². The van der Waals surface area contributed by atoms with Gasteiger partial charge in [0.2, 0.25) is 0 Å². The molecule has 1 aromatic rings. The van der Waals surface area contributed by atoms with Gasteiger partial charge in [-0.2, -0.15) is 0 Å². The van der Waals surface area contributed by atoms with Gasteiger partial charge in [0, 0.05) is 5.69 Å². The zero-order valence-corrected chi connectivity index (χ0v) is 12.0. The van der Waals surface area contributed by atoms with Crippen molar-refractivity contribution >= 4 is 11.7 Å². The number of hydrogen-bond donors (Lipinski definition) is 1. The van der Waals surface area contributed by atoms with Crippen molar-refractivity contribution in [1.29, 1.82) is 0 Å². The molecule has 0 spiro atoms. The topological polar surface area (TPSA) is 61.5 Å². The van der Waals surface area contributed by atoms with Gasteiger partial charge in [-0.25, -0.2) is 4.79 Å². The fraction of sp³-hybridized carbons (Fsp3) is 0.562. The van der Waals surface area contributed by atoms with Gasteiger partial charge in [0.05, 0.1) is 0 Å². The number of ether oxygens (including phenoxy) is 2. The van der Waals surface area contributed by atoms with E-state index in [0.29, 0.717) is 11.4 Å². The molecule has 1 saturated carbocycles. The molecule has 0 saturated heterocycles. The van der Waals surface area contributed by atoms with Crippen LogP contribution >= 0.6 is 0 Å². The maximum atomic E-state index is 11.7. The van der Waals surface area contributed by atoms with Crippen LogP contribution in [0.4, 0.5) is 5.69 Å². The highest BCUT2D eigenvalue weighted by Crippen LogP contribution is 2.28. The van der Waals surface area contributed by atoms with E-state index in [2.05, 4.69) is 6.92 Å². The van der Waals surface area contributed by atoms with E-state index >= 15 is 0 Å². The molecule has 0 amide bonds. The van der Waals surface area contributed by atoms with E-state index in [4.69, 9.17) is 15.2 Å². The Labute approximate surface area is 120 Å². The number of hydrogen-bond acceptors (Lipinski definition) is 4. The highest BCUT2D eigenvalue weighted by molar-refractivity contribution is 5.71. The summed E-state index contributed by atoms with van der Waals surface area (Å²) in [6.07, 6.45) is 5.57. The van der Waals surface area contributed by atoms with Crippen molar-refractivity contribution < 1.29 is 14.3 Å². The lowest BCUT2D eigenvalue weighted by atomic mass is 9.86. The molecule has 0 bridgehead atoms. The second kappa shape index (κ2) is 7.17. The molecular formula is C16H23NO3. The molecule has 0 aliphatic heterocycles. The third-order valence-electron chi connectivity index (χ3n) is 3.91. The van der Waals surface area contributed by atoms with Crippen LogP contribution in [0, 0.1) is 5.92 Å². The quantitative estimate of drug-likeness (QED) is 0.663. The Morgan fingerprint density at radius 3 is 2.45 bits per heavy atom. The van der Waals surface area contributed by atoms with Crippen LogP contribution in [-0.4, -0.2) is 18.7 Å². The van der Waals surface area contributed by atoms with Gasteiger partial charge >= 0.3 is 5.97 Å². The Balaban J connectivity index is 1.69. The second-order valence-electron chi connectivity index (χ2n) is 5.40. The number of nitrogens with two attached hydrogens (primary N) is 1. The maximum Gasteiger partial charge on any atom is 0.344 e. The molecule has 4 heteroatoms. The summed E-state index contributed by atoms with van der Waals surface area (Å²) in [6.45, 7) is 2.18. The van der Waals surface area contributed by atoms with Gasteiger partial charge in [-0.1, -0.05) is 13.3 Å². The standard InChI is InChI=1S/C16H23NO3/c1-2-12-3-7-15(8-4-12)20-16(18)11-19-14-9-5-13(17)6-10-14/h5-6,9-10,12,15H,2-4,7-8,11,17H2,1H3. The molecule has 0 heterocycles. The lowest BCUT2D eigenvalue weighted by molar-refractivity contribution is -0.153. The molecule has 1 aliphatic rings. The summed E-state index contributed by atoms with van der Waals surface area (Å²) in [5.74, 6) is 1.14. The average molecular weight is 277 g/mol. The molecule has 0 radical (unpaired) electrons. The number of nitrogen functional groups attached to an aromatic ring is 1. The Hall–Kier alpha value is -1.71. The van der Waals surface area contributed by atoms with Crippen LogP contribution < -0.4 is 10.5 Å². The average Bonchev–Trinajstić information content (AvgIpc) is 2.47. The van der Waals surface area contributed by atoms with Gasteiger partial charge in [-0.15, -0.1) is 0 Å². The van der Waals surface area contributed by atoms with E-state index in [9.17, 15) is 4.79 Å². The van der Waals surface area contributed by atoms with Crippen LogP contribution in [0.5, 0.6) is 5.75 Å². The first kappa shape index (κ1) is 14.7. The lowest BCUT2D eigenvalue weighted by Crippen LogP contribution is -2.26. The summed E-state index contributed by atoms with van der Waals surface area (Å²) in [7, 11) is 0. The number of carbonyl (C=O) groups is 1. The Bertz CT molecular complexity index is 422. The summed E-state index contributed by atoms with van der Waals surface area (Å²) < 4.78 is 10.8. The summed E-state index contributed by atoms with van der Waals surface area (Å²) in [6, 6.07) is 6.98. The number of benzene rings is 1. The van der Waals surface area contributed by atoms with Gasteiger partial charge in [0.15, 0.2) is 6.61 Å². The Kier molecular flexibility index (Phi) is 5.27. The smallest absolute Gasteiger partial charge is 0.344 e. The first-order valence-corrected chi connectivity index (χ1v) is 7.35. The molecule has 110 valence electrons. The first-order chi connectivity index (χ1) is 9.67. The minimum absolute atomic E-state index is 0.0440. The monoisotopic (exact) mass is 277 g/mol. The van der Waals surface area contributed by atoms with Gasteiger partial charge in [0.25, 0.3) is 0 Å². The fourth-order valence-corrected chi connectivity index (χ4v) is 2.58. The number of rotatable bonds is 5. The van der Waals surface area contributed by atoms with Crippen LogP contribution in [0.2, 0.25) is 0 Å². The van der Waals surface area contributed by atoms with E-state index in [0.717, 1.165) is 31.6 Å². The lowest BCUT2D eigenvalue weighted by Gasteiger charge is -2.27. The predicted molar refractivity (Wildman–Crippen MR) is 78.5 cm³/mol. The maximum absolute atomic E-state index is 11.7. The van der Waals surface area contributed by atoms with Crippen LogP contribution in [0.3, 0.4) is 0 Å². The summed E-state index contributed by atoms with van der Waals surface area (Å²) in [5.41, 5.74) is 6.26. The van der Waals surface area contributed by atoms with Crippen molar-refractivity contribution in [3.63, 3.8) is 0 Å². The van der Waals surface area contributed by atoms with Crippen LogP contribution in [0.25, 0.3) is 0 Å². The zero-order chi connectivity index (χ0) is 14.4. The first-order valence-electron chi connectivity index (χ1n) is 7.35. The van der Waals surface area contributed by atoms with Crippen molar-refractivity contribution in [2.75, 3.05) is 12.3 Å². The summed E-state index contributed by atoms with van der Waals surface area (Å²) in [5, 5.41) is 0. The van der Waals surface area contributed by atoms with E-state index in [-0.39, 0.29) is 18.7 Å². The molecule has 0 atom stereocenters. The molecule has 2 rings (SSSR count). The SMILES string of the molecule is CCC1CCC(OC(=O)COc2ccc(N)cc2)CC1. The number of carbonyl (C=O) groups excluding carboxylic acids is 1. The minimum atomic E-state index is -0.290. The minimum Gasteiger partial charge on any atom is -0.482 e. The number of anilines is 1. The van der Waals surface area contributed by atoms with Gasteiger partial charge in [-0.05, 0) is 55.9 Å². The molecule has 1 fully saturated rings. The van der Waals surface area contributed by atoms with Crippen molar-refractivity contribution in [1.82, 2.24) is 0 Å². The van der Waals surface area contributed by atoms with E-state index in [1.165, 1.54) is 6.42 Å². The molecule has 1 aliphatic carbocycles. The third-order valence-corrected chi connectivity index (χ3v) is 3.91. The third kappa shape index (κ3) is 4.44. The van der Waals surface area contributed by atoms with Crippen LogP contribution in [0.1, 0.15) is 39.0 Å². The summed E-state index contributed by atoms with van der Waals surface area (Å²) in [4.78, 5) is 11.7. The van der Waals surface area contributed by atoms with Crippen molar-refractivity contribution in [2.24, 2.45) is 5.92 Å². The predicted octanol–water partition coefficient (Wildman–Crippen LogP) is 3.16. The molecule has 0 aromatic heterocycles. The van der Waals surface area contributed by atoms with Gasteiger partial charge < -0.3 is 15.2 Å².